The van der Waals surface area contributed by atoms with Crippen LogP contribution in [0.5, 0.6) is 0 Å². The first-order valence-electron chi connectivity index (χ1n) is 5.90. The van der Waals surface area contributed by atoms with Gasteiger partial charge in [-0.25, -0.2) is 0 Å². The topological polar surface area (TPSA) is 57.6 Å². The number of carbonyl (C=O) groups excluding carboxylic acids is 1. The van der Waals surface area contributed by atoms with Crippen LogP contribution < -0.4 is 0 Å². The summed E-state index contributed by atoms with van der Waals surface area (Å²) in [5.74, 6) is 0.0979. The van der Waals surface area contributed by atoms with Gasteiger partial charge >= 0.3 is 5.97 Å². The Bertz CT molecular complexity index is 304. The van der Waals surface area contributed by atoms with Crippen molar-refractivity contribution in [2.75, 3.05) is 24.6 Å². The minimum Gasteiger partial charge on any atom is -0.481 e. The molecule has 1 N–H and O–H groups in total. The second kappa shape index (κ2) is 5.76. The van der Waals surface area contributed by atoms with Gasteiger partial charge in [-0.2, -0.15) is 0 Å². The summed E-state index contributed by atoms with van der Waals surface area (Å²) in [6.45, 7) is 8.17. The lowest BCUT2D eigenvalue weighted by Gasteiger charge is -2.42. The molecule has 1 amide bonds. The second-order valence-corrected chi connectivity index (χ2v) is 6.37. The number of amides is 1. The Morgan fingerprint density at radius 2 is 2.06 bits per heavy atom. The molecule has 5 heteroatoms. The fraction of sp³-hybridized carbons (Fsp3) is 0.833. The molecule has 1 rings (SSSR count). The molecule has 1 aliphatic heterocycles. The quantitative estimate of drug-likeness (QED) is 0.835. The van der Waals surface area contributed by atoms with Crippen molar-refractivity contribution in [2.24, 2.45) is 11.3 Å². The maximum Gasteiger partial charge on any atom is 0.313 e. The van der Waals surface area contributed by atoms with Gasteiger partial charge in [0.05, 0.1) is 11.5 Å². The zero-order chi connectivity index (χ0) is 13.1. The van der Waals surface area contributed by atoms with Crippen LogP contribution in [0.4, 0.5) is 0 Å². The number of aliphatic carboxylic acids is 1. The zero-order valence-corrected chi connectivity index (χ0v) is 11.5. The molecule has 1 unspecified atom stereocenters. The molecule has 0 bridgehead atoms. The van der Waals surface area contributed by atoms with Crippen molar-refractivity contribution in [2.45, 2.75) is 27.2 Å². The molecule has 0 aliphatic carbocycles. The highest BCUT2D eigenvalue weighted by atomic mass is 32.2. The number of carboxylic acid groups (broad SMARTS) is 1. The van der Waals surface area contributed by atoms with Gasteiger partial charge in [0.1, 0.15) is 0 Å². The predicted octanol–water partition coefficient (Wildman–Crippen LogP) is 1.70. The average molecular weight is 259 g/mol. The minimum atomic E-state index is -0.865. The second-order valence-electron chi connectivity index (χ2n) is 5.38. The lowest BCUT2D eigenvalue weighted by molar-refractivity contribution is -0.134. The number of nitrogens with zero attached hydrogens (tertiary/aromatic N) is 1. The first kappa shape index (κ1) is 14.4. The molecular weight excluding hydrogens is 238 g/mol. The SMILES string of the molecule is CC1CCN(C(=O)CSCC(=O)O)CC1(C)C. The standard InChI is InChI=1S/C12H21NO3S/c1-9-4-5-13(8-12(9,2)3)10(14)6-17-7-11(15)16/h9H,4-8H2,1-3H3,(H,15,16). The number of piperidine rings is 1. The van der Waals surface area contributed by atoms with Crippen molar-refractivity contribution < 1.29 is 14.7 Å². The molecule has 0 spiro atoms. The highest BCUT2D eigenvalue weighted by Crippen LogP contribution is 2.34. The fourth-order valence-electron chi connectivity index (χ4n) is 2.00. The number of carboxylic acids is 1. The van der Waals surface area contributed by atoms with Gasteiger partial charge in [-0.05, 0) is 17.8 Å². The van der Waals surface area contributed by atoms with Crippen LogP contribution in [0.25, 0.3) is 0 Å². The number of likely N-dealkylation sites (tertiary alicyclic amines) is 1. The molecular formula is C12H21NO3S. The molecule has 0 saturated carbocycles. The van der Waals surface area contributed by atoms with E-state index in [2.05, 4.69) is 20.8 Å². The third-order valence-corrected chi connectivity index (χ3v) is 4.47. The van der Waals surface area contributed by atoms with Crippen LogP contribution in [-0.2, 0) is 9.59 Å². The van der Waals surface area contributed by atoms with Crippen molar-refractivity contribution in [3.05, 3.63) is 0 Å². The van der Waals surface area contributed by atoms with E-state index in [1.54, 1.807) is 0 Å². The summed E-state index contributed by atoms with van der Waals surface area (Å²) in [5.41, 5.74) is 0.158. The summed E-state index contributed by atoms with van der Waals surface area (Å²) in [7, 11) is 0. The van der Waals surface area contributed by atoms with E-state index >= 15 is 0 Å². The molecule has 1 atom stereocenters. The lowest BCUT2D eigenvalue weighted by Crippen LogP contribution is -2.48. The average Bonchev–Trinajstić information content (AvgIpc) is 2.21. The molecule has 1 aliphatic rings. The van der Waals surface area contributed by atoms with E-state index in [-0.39, 0.29) is 22.8 Å². The smallest absolute Gasteiger partial charge is 0.313 e. The Morgan fingerprint density at radius 1 is 1.41 bits per heavy atom. The van der Waals surface area contributed by atoms with Gasteiger partial charge in [-0.15, -0.1) is 11.8 Å². The van der Waals surface area contributed by atoms with Gasteiger partial charge in [-0.3, -0.25) is 9.59 Å². The number of carbonyl (C=O) groups is 2. The lowest BCUT2D eigenvalue weighted by atomic mass is 9.75. The van der Waals surface area contributed by atoms with Crippen LogP contribution in [-0.4, -0.2) is 46.5 Å². The van der Waals surface area contributed by atoms with Crippen molar-refractivity contribution in [3.63, 3.8) is 0 Å². The largest absolute Gasteiger partial charge is 0.481 e. The first-order chi connectivity index (χ1) is 7.83. The summed E-state index contributed by atoms with van der Waals surface area (Å²) in [5, 5.41) is 8.51. The van der Waals surface area contributed by atoms with E-state index in [0.717, 1.165) is 19.5 Å². The molecule has 4 nitrogen and oxygen atoms in total. The van der Waals surface area contributed by atoms with E-state index < -0.39 is 5.97 Å². The number of hydrogen-bond acceptors (Lipinski definition) is 3. The van der Waals surface area contributed by atoms with Crippen molar-refractivity contribution in [1.82, 2.24) is 4.90 Å². The molecule has 0 aromatic carbocycles. The van der Waals surface area contributed by atoms with E-state index in [1.165, 1.54) is 11.8 Å². The molecule has 1 saturated heterocycles. The third-order valence-electron chi connectivity index (χ3n) is 3.57. The van der Waals surface area contributed by atoms with Crippen molar-refractivity contribution >= 4 is 23.6 Å². The Hall–Kier alpha value is -0.710. The number of thioether (sulfide) groups is 1. The van der Waals surface area contributed by atoms with E-state index in [4.69, 9.17) is 5.11 Å². The number of rotatable bonds is 4. The summed E-state index contributed by atoms with van der Waals surface area (Å²) in [4.78, 5) is 24.1. The highest BCUT2D eigenvalue weighted by Gasteiger charge is 2.34. The summed E-state index contributed by atoms with van der Waals surface area (Å²) in [6.07, 6.45) is 1.03. The third kappa shape index (κ3) is 4.22. The fourth-order valence-corrected chi connectivity index (χ4v) is 2.63. The molecule has 0 radical (unpaired) electrons. The van der Waals surface area contributed by atoms with Crippen LogP contribution in [0.2, 0.25) is 0 Å². The van der Waals surface area contributed by atoms with Crippen molar-refractivity contribution in [3.8, 4) is 0 Å². The summed E-state index contributed by atoms with van der Waals surface area (Å²) < 4.78 is 0. The van der Waals surface area contributed by atoms with Gasteiger partial charge < -0.3 is 10.0 Å². The Kier molecular flexibility index (Phi) is 4.86. The molecule has 17 heavy (non-hydrogen) atoms. The molecule has 1 fully saturated rings. The van der Waals surface area contributed by atoms with Gasteiger partial charge in [0, 0.05) is 13.1 Å². The maximum absolute atomic E-state index is 11.9. The predicted molar refractivity (Wildman–Crippen MR) is 69.1 cm³/mol. The van der Waals surface area contributed by atoms with Crippen LogP contribution in [0, 0.1) is 11.3 Å². The molecule has 1 heterocycles. The van der Waals surface area contributed by atoms with Gasteiger partial charge in [0.2, 0.25) is 5.91 Å². The van der Waals surface area contributed by atoms with Crippen LogP contribution in [0.3, 0.4) is 0 Å². The first-order valence-corrected chi connectivity index (χ1v) is 7.05. The molecule has 0 aromatic heterocycles. The Morgan fingerprint density at radius 3 is 2.59 bits per heavy atom. The normalized spacial score (nSPS) is 23.5. The van der Waals surface area contributed by atoms with Crippen LogP contribution in [0.1, 0.15) is 27.2 Å². The van der Waals surface area contributed by atoms with E-state index in [0.29, 0.717) is 5.92 Å². The summed E-state index contributed by atoms with van der Waals surface area (Å²) in [6, 6.07) is 0. The van der Waals surface area contributed by atoms with Crippen LogP contribution in [0.15, 0.2) is 0 Å². The number of hydrogen-bond donors (Lipinski definition) is 1. The Balaban J connectivity index is 2.40. The minimum absolute atomic E-state index is 0.000619. The van der Waals surface area contributed by atoms with E-state index in [9.17, 15) is 9.59 Å². The monoisotopic (exact) mass is 259 g/mol. The molecule has 0 aromatic rings. The van der Waals surface area contributed by atoms with E-state index in [1.807, 2.05) is 4.90 Å². The maximum atomic E-state index is 11.9. The van der Waals surface area contributed by atoms with Crippen LogP contribution >= 0.6 is 11.8 Å². The van der Waals surface area contributed by atoms with Crippen molar-refractivity contribution in [1.29, 1.82) is 0 Å². The summed E-state index contributed by atoms with van der Waals surface area (Å²) >= 11 is 1.17. The van der Waals surface area contributed by atoms with Gasteiger partial charge in [-0.1, -0.05) is 20.8 Å². The zero-order valence-electron chi connectivity index (χ0n) is 10.7. The van der Waals surface area contributed by atoms with Gasteiger partial charge in [0.15, 0.2) is 0 Å². The van der Waals surface area contributed by atoms with Gasteiger partial charge in [0.25, 0.3) is 0 Å². The Labute approximate surface area is 107 Å². The molecule has 98 valence electrons. The highest BCUT2D eigenvalue weighted by molar-refractivity contribution is 8.00.